The molecule has 1 rings (SSSR count). The lowest BCUT2D eigenvalue weighted by atomic mass is 10.3. The van der Waals surface area contributed by atoms with Crippen molar-refractivity contribution in [3.63, 3.8) is 0 Å². The number of nitrogens with zero attached hydrogens (tertiary/aromatic N) is 1. The molecule has 0 aliphatic rings. The molecule has 2 nitrogen and oxygen atoms in total. The minimum absolute atomic E-state index is 0. The molecule has 62 valence electrons. The molecular weight excluding hydrogens is 298 g/mol. The largest absolute Gasteiger partial charge is 0.397 e. The molecule has 0 saturated heterocycles. The van der Waals surface area contributed by atoms with Crippen LogP contribution in [0.2, 0.25) is 0 Å². The first kappa shape index (κ1) is 11.3. The van der Waals surface area contributed by atoms with Crippen LogP contribution in [0.5, 0.6) is 0 Å². The highest BCUT2D eigenvalue weighted by Gasteiger charge is 1.97. The molecule has 0 aliphatic carbocycles. The van der Waals surface area contributed by atoms with Gasteiger partial charge in [-0.2, -0.15) is 0 Å². The first-order valence-corrected chi connectivity index (χ1v) is 4.31. The second-order valence-electron chi connectivity index (χ2n) is 1.82. The molecule has 0 unspecified atom stereocenters. The smallest absolute Gasteiger partial charge is 0.0780 e. The van der Waals surface area contributed by atoms with Crippen LogP contribution >= 0.6 is 46.6 Å². The van der Waals surface area contributed by atoms with Crippen LogP contribution in [0.1, 0.15) is 5.69 Å². The van der Waals surface area contributed by atoms with E-state index in [0.29, 0.717) is 11.6 Å². The fourth-order valence-electron chi connectivity index (χ4n) is 0.595. The summed E-state index contributed by atoms with van der Waals surface area (Å²) < 4.78 is 1.03. The van der Waals surface area contributed by atoms with Crippen molar-refractivity contribution in [2.75, 3.05) is 5.73 Å². The van der Waals surface area contributed by atoms with Gasteiger partial charge in [0, 0.05) is 9.77 Å². The number of pyridine rings is 1. The minimum atomic E-state index is 0. The van der Waals surface area contributed by atoms with Crippen molar-refractivity contribution in [1.82, 2.24) is 4.98 Å². The zero-order valence-corrected chi connectivity index (χ0v) is 9.28. The average Bonchev–Trinajstić information content (AvgIpc) is 1.88. The summed E-state index contributed by atoms with van der Waals surface area (Å²) in [5, 5.41) is 0. The number of hydrogen-bond donors (Lipinski definition) is 1. The van der Waals surface area contributed by atoms with Gasteiger partial charge in [-0.3, -0.25) is 4.98 Å². The van der Waals surface area contributed by atoms with Crippen LogP contribution in [0.15, 0.2) is 12.3 Å². The van der Waals surface area contributed by atoms with Crippen molar-refractivity contribution < 1.29 is 0 Å². The van der Waals surface area contributed by atoms with Gasteiger partial charge < -0.3 is 5.73 Å². The molecule has 11 heavy (non-hydrogen) atoms. The molecule has 5 heteroatoms. The van der Waals surface area contributed by atoms with Gasteiger partial charge in [0.2, 0.25) is 0 Å². The Morgan fingerprint density at radius 3 is 2.73 bits per heavy atom. The van der Waals surface area contributed by atoms with Crippen molar-refractivity contribution >= 4 is 52.3 Å². The van der Waals surface area contributed by atoms with Crippen LogP contribution in [0.3, 0.4) is 0 Å². The lowest BCUT2D eigenvalue weighted by molar-refractivity contribution is 1.17. The summed E-state index contributed by atoms with van der Waals surface area (Å²) in [6, 6.07) is 1.85. The van der Waals surface area contributed by atoms with Gasteiger partial charge in [-0.1, -0.05) is 0 Å². The standard InChI is InChI=1S/C6H6ClIN2.ClH/c7-2-6-5(9)1-4(8)3-10-6;/h1,3H,2,9H2;1H. The third-order valence-electron chi connectivity index (χ3n) is 1.10. The molecule has 1 aromatic heterocycles. The van der Waals surface area contributed by atoms with E-state index < -0.39 is 0 Å². The van der Waals surface area contributed by atoms with Crippen molar-refractivity contribution in [1.29, 1.82) is 0 Å². The summed E-state index contributed by atoms with van der Waals surface area (Å²) in [5.41, 5.74) is 7.00. The lowest BCUT2D eigenvalue weighted by Crippen LogP contribution is -1.95. The summed E-state index contributed by atoms with van der Waals surface area (Å²) in [6.07, 6.45) is 1.74. The zero-order chi connectivity index (χ0) is 7.56. The Kier molecular flexibility index (Phi) is 5.12. The molecule has 0 spiro atoms. The minimum Gasteiger partial charge on any atom is -0.397 e. The van der Waals surface area contributed by atoms with E-state index in [1.165, 1.54) is 0 Å². The molecule has 2 N–H and O–H groups in total. The van der Waals surface area contributed by atoms with Crippen LogP contribution in [0.4, 0.5) is 5.69 Å². The highest BCUT2D eigenvalue weighted by Crippen LogP contribution is 2.13. The average molecular weight is 305 g/mol. The van der Waals surface area contributed by atoms with Gasteiger partial charge in [-0.15, -0.1) is 24.0 Å². The Morgan fingerprint density at radius 1 is 1.64 bits per heavy atom. The fraction of sp³-hybridized carbons (Fsp3) is 0.167. The number of halogens is 3. The number of alkyl halides is 1. The molecule has 1 heterocycles. The maximum absolute atomic E-state index is 5.58. The quantitative estimate of drug-likeness (QED) is 0.639. The predicted octanol–water partition coefficient (Wildman–Crippen LogP) is 2.43. The molecule has 1 aromatic rings. The number of anilines is 1. The molecule has 0 aliphatic heterocycles. The molecule has 0 fully saturated rings. The highest BCUT2D eigenvalue weighted by atomic mass is 127. The van der Waals surface area contributed by atoms with E-state index in [9.17, 15) is 0 Å². The summed E-state index contributed by atoms with van der Waals surface area (Å²) in [4.78, 5) is 4.03. The molecule has 0 saturated carbocycles. The first-order valence-electron chi connectivity index (χ1n) is 2.70. The predicted molar refractivity (Wildman–Crippen MR) is 58.2 cm³/mol. The van der Waals surface area contributed by atoms with E-state index in [1.54, 1.807) is 6.20 Å². The Labute approximate surface area is 90.1 Å². The maximum atomic E-state index is 5.58. The number of hydrogen-bond acceptors (Lipinski definition) is 2. The van der Waals surface area contributed by atoms with Gasteiger partial charge in [0.05, 0.1) is 17.3 Å². The molecule has 0 amide bonds. The fourth-order valence-corrected chi connectivity index (χ4v) is 1.29. The summed E-state index contributed by atoms with van der Waals surface area (Å²) in [5.74, 6) is 0.378. The highest BCUT2D eigenvalue weighted by molar-refractivity contribution is 14.1. The number of nitrogen functional groups attached to an aromatic ring is 1. The SMILES string of the molecule is Cl.Nc1cc(I)cnc1CCl. The Morgan fingerprint density at radius 2 is 2.27 bits per heavy atom. The normalized spacial score (nSPS) is 8.91. The van der Waals surface area contributed by atoms with Crippen LogP contribution in [-0.4, -0.2) is 4.98 Å². The van der Waals surface area contributed by atoms with Gasteiger partial charge in [-0.25, -0.2) is 0 Å². The van der Waals surface area contributed by atoms with E-state index in [0.717, 1.165) is 9.26 Å². The van der Waals surface area contributed by atoms with E-state index >= 15 is 0 Å². The van der Waals surface area contributed by atoms with E-state index in [4.69, 9.17) is 17.3 Å². The molecule has 0 aromatic carbocycles. The van der Waals surface area contributed by atoms with Crippen LogP contribution in [0, 0.1) is 3.57 Å². The third kappa shape index (κ3) is 3.01. The molecule has 0 atom stereocenters. The Bertz CT molecular complexity index is 242. The van der Waals surface area contributed by atoms with Crippen LogP contribution < -0.4 is 5.73 Å². The van der Waals surface area contributed by atoms with Gasteiger partial charge in [0.25, 0.3) is 0 Å². The third-order valence-corrected chi connectivity index (χ3v) is 1.94. The Balaban J connectivity index is 0.000001000. The van der Waals surface area contributed by atoms with Crippen molar-refractivity contribution in [2.24, 2.45) is 0 Å². The second kappa shape index (κ2) is 5.00. The van der Waals surface area contributed by atoms with E-state index in [1.807, 2.05) is 6.07 Å². The van der Waals surface area contributed by atoms with Crippen molar-refractivity contribution in [2.45, 2.75) is 5.88 Å². The molecular formula is C6H7Cl2IN2. The lowest BCUT2D eigenvalue weighted by Gasteiger charge is -1.99. The van der Waals surface area contributed by atoms with E-state index in [-0.39, 0.29) is 12.4 Å². The topological polar surface area (TPSA) is 38.9 Å². The van der Waals surface area contributed by atoms with Gasteiger partial charge >= 0.3 is 0 Å². The molecule has 0 radical (unpaired) electrons. The summed E-state index contributed by atoms with van der Waals surface area (Å²) in [7, 11) is 0. The molecule has 0 bridgehead atoms. The summed E-state index contributed by atoms with van der Waals surface area (Å²) >= 11 is 7.69. The van der Waals surface area contributed by atoms with Crippen molar-refractivity contribution in [3.05, 3.63) is 21.5 Å². The Hall–Kier alpha value is 0.260. The van der Waals surface area contributed by atoms with Gasteiger partial charge in [0.1, 0.15) is 0 Å². The number of rotatable bonds is 1. The number of aromatic nitrogens is 1. The van der Waals surface area contributed by atoms with Crippen LogP contribution in [0.25, 0.3) is 0 Å². The first-order chi connectivity index (χ1) is 4.74. The van der Waals surface area contributed by atoms with Crippen LogP contribution in [-0.2, 0) is 5.88 Å². The number of nitrogens with two attached hydrogens (primary N) is 1. The van der Waals surface area contributed by atoms with E-state index in [2.05, 4.69) is 27.6 Å². The monoisotopic (exact) mass is 304 g/mol. The van der Waals surface area contributed by atoms with Gasteiger partial charge in [0.15, 0.2) is 0 Å². The zero-order valence-electron chi connectivity index (χ0n) is 5.55. The van der Waals surface area contributed by atoms with Crippen molar-refractivity contribution in [3.8, 4) is 0 Å². The summed E-state index contributed by atoms with van der Waals surface area (Å²) in [6.45, 7) is 0. The second-order valence-corrected chi connectivity index (χ2v) is 3.34. The van der Waals surface area contributed by atoms with Gasteiger partial charge in [-0.05, 0) is 28.7 Å². The maximum Gasteiger partial charge on any atom is 0.0780 e.